The summed E-state index contributed by atoms with van der Waals surface area (Å²) in [5.41, 5.74) is 0.907. The summed E-state index contributed by atoms with van der Waals surface area (Å²) in [6, 6.07) is 9.65. The van der Waals surface area contributed by atoms with Gasteiger partial charge >= 0.3 is 0 Å². The van der Waals surface area contributed by atoms with Crippen molar-refractivity contribution in [2.75, 3.05) is 13.2 Å². The maximum Gasteiger partial charge on any atom is 0.227 e. The lowest BCUT2D eigenvalue weighted by molar-refractivity contribution is -0.121. The average molecular weight is 357 g/mol. The maximum atomic E-state index is 11.9. The van der Waals surface area contributed by atoms with Gasteiger partial charge < -0.3 is 14.6 Å². The molecule has 1 amide bonds. The van der Waals surface area contributed by atoms with Crippen LogP contribution in [0.15, 0.2) is 34.9 Å². The molecule has 2 aromatic rings. The molecule has 0 aliphatic heterocycles. The van der Waals surface area contributed by atoms with Gasteiger partial charge in [-0.25, -0.2) is 0 Å². The van der Waals surface area contributed by atoms with E-state index in [1.807, 2.05) is 30.3 Å². The van der Waals surface area contributed by atoms with Crippen LogP contribution >= 0.6 is 0 Å². The van der Waals surface area contributed by atoms with E-state index < -0.39 is 0 Å². The molecule has 6 nitrogen and oxygen atoms in total. The van der Waals surface area contributed by atoms with Gasteiger partial charge in [-0.05, 0) is 19.3 Å². The number of rotatable bonds is 9. The van der Waals surface area contributed by atoms with Crippen LogP contribution in [0.3, 0.4) is 0 Å². The van der Waals surface area contributed by atoms with Crippen molar-refractivity contribution in [1.82, 2.24) is 15.5 Å². The molecule has 1 N–H and O–H groups in total. The maximum absolute atomic E-state index is 11.9. The van der Waals surface area contributed by atoms with Gasteiger partial charge in [-0.1, -0.05) is 54.8 Å². The summed E-state index contributed by atoms with van der Waals surface area (Å²) >= 11 is 0. The second-order valence-electron chi connectivity index (χ2n) is 6.71. The first-order chi connectivity index (χ1) is 12.8. The van der Waals surface area contributed by atoms with Crippen LogP contribution in [-0.2, 0) is 16.0 Å². The summed E-state index contributed by atoms with van der Waals surface area (Å²) in [4.78, 5) is 16.3. The molecule has 0 atom stereocenters. The smallest absolute Gasteiger partial charge is 0.227 e. The largest absolute Gasteiger partial charge is 0.378 e. The third-order valence-electron chi connectivity index (χ3n) is 4.62. The van der Waals surface area contributed by atoms with E-state index in [1.54, 1.807) is 0 Å². The number of nitrogens with zero attached hydrogens (tertiary/aromatic N) is 2. The number of hydrogen-bond acceptors (Lipinski definition) is 5. The summed E-state index contributed by atoms with van der Waals surface area (Å²) in [7, 11) is 0. The van der Waals surface area contributed by atoms with Crippen LogP contribution in [0.2, 0.25) is 0 Å². The molecule has 26 heavy (non-hydrogen) atoms. The zero-order chi connectivity index (χ0) is 18.0. The molecule has 0 bridgehead atoms. The van der Waals surface area contributed by atoms with E-state index in [1.165, 1.54) is 32.1 Å². The predicted molar refractivity (Wildman–Crippen MR) is 98.5 cm³/mol. The molecule has 6 heteroatoms. The quantitative estimate of drug-likeness (QED) is 0.695. The number of aromatic nitrogens is 2. The Morgan fingerprint density at radius 2 is 2.00 bits per heavy atom. The molecule has 1 aliphatic rings. The van der Waals surface area contributed by atoms with E-state index in [2.05, 4.69) is 15.5 Å². The molecule has 0 spiro atoms. The van der Waals surface area contributed by atoms with Crippen LogP contribution in [0.1, 0.15) is 50.8 Å². The third-order valence-corrected chi connectivity index (χ3v) is 4.62. The van der Waals surface area contributed by atoms with E-state index >= 15 is 0 Å². The number of ether oxygens (including phenoxy) is 1. The molecular formula is C20H27N3O3. The minimum atomic E-state index is 0.00197. The number of carbonyl (C=O) groups is 1. The van der Waals surface area contributed by atoms with Gasteiger partial charge in [-0.15, -0.1) is 0 Å². The number of aryl methyl sites for hydroxylation is 1. The zero-order valence-corrected chi connectivity index (χ0v) is 15.2. The van der Waals surface area contributed by atoms with Crippen LogP contribution < -0.4 is 5.32 Å². The summed E-state index contributed by atoms with van der Waals surface area (Å²) in [6.07, 6.45) is 8.33. The Hall–Kier alpha value is -2.21. The molecular weight excluding hydrogens is 330 g/mol. The Kier molecular flexibility index (Phi) is 7.19. The molecule has 0 radical (unpaired) electrons. The first-order valence-electron chi connectivity index (χ1n) is 9.57. The van der Waals surface area contributed by atoms with E-state index in [4.69, 9.17) is 9.26 Å². The first kappa shape index (κ1) is 18.6. The SMILES string of the molecule is O=C(CCc1nc(-c2ccccc2)no1)NCCCOC1CCCCC1. The van der Waals surface area contributed by atoms with Gasteiger partial charge in [0.05, 0.1) is 6.10 Å². The van der Waals surface area contributed by atoms with Crippen molar-refractivity contribution in [3.05, 3.63) is 36.2 Å². The number of nitrogens with one attached hydrogen (secondary N) is 1. The van der Waals surface area contributed by atoms with E-state index in [-0.39, 0.29) is 5.91 Å². The van der Waals surface area contributed by atoms with Gasteiger partial charge in [0.25, 0.3) is 0 Å². The van der Waals surface area contributed by atoms with Crippen molar-refractivity contribution < 1.29 is 14.1 Å². The monoisotopic (exact) mass is 357 g/mol. The highest BCUT2D eigenvalue weighted by atomic mass is 16.5. The van der Waals surface area contributed by atoms with Gasteiger partial charge in [0.2, 0.25) is 17.6 Å². The summed E-state index contributed by atoms with van der Waals surface area (Å²) in [6.45, 7) is 1.36. The molecule has 3 rings (SSSR count). The van der Waals surface area contributed by atoms with Crippen molar-refractivity contribution in [3.63, 3.8) is 0 Å². The molecule has 0 saturated heterocycles. The second-order valence-corrected chi connectivity index (χ2v) is 6.71. The highest BCUT2D eigenvalue weighted by Crippen LogP contribution is 2.20. The first-order valence-corrected chi connectivity index (χ1v) is 9.57. The lowest BCUT2D eigenvalue weighted by Gasteiger charge is -2.21. The Labute approximate surface area is 154 Å². The van der Waals surface area contributed by atoms with E-state index in [0.29, 0.717) is 37.2 Å². The Bertz CT molecular complexity index is 666. The van der Waals surface area contributed by atoms with Crippen molar-refractivity contribution in [1.29, 1.82) is 0 Å². The van der Waals surface area contributed by atoms with E-state index in [9.17, 15) is 4.79 Å². The minimum Gasteiger partial charge on any atom is -0.378 e. The average Bonchev–Trinajstić information content (AvgIpc) is 3.17. The Balaban J connectivity index is 1.29. The van der Waals surface area contributed by atoms with Crippen LogP contribution in [0.25, 0.3) is 11.4 Å². The van der Waals surface area contributed by atoms with Crippen molar-refractivity contribution >= 4 is 5.91 Å². The molecule has 1 heterocycles. The lowest BCUT2D eigenvalue weighted by Crippen LogP contribution is -2.26. The van der Waals surface area contributed by atoms with Crippen LogP contribution in [-0.4, -0.2) is 35.3 Å². The summed E-state index contributed by atoms with van der Waals surface area (Å²) in [5, 5.41) is 6.88. The normalized spacial score (nSPS) is 15.1. The third kappa shape index (κ3) is 5.95. The molecule has 1 aromatic heterocycles. The predicted octanol–water partition coefficient (Wildman–Crippen LogP) is 3.52. The highest BCUT2D eigenvalue weighted by Gasteiger charge is 2.13. The molecule has 0 unspecified atom stereocenters. The zero-order valence-electron chi connectivity index (χ0n) is 15.2. The van der Waals surface area contributed by atoms with Gasteiger partial charge in [0, 0.05) is 31.6 Å². The fourth-order valence-corrected chi connectivity index (χ4v) is 3.15. The molecule has 1 fully saturated rings. The van der Waals surface area contributed by atoms with E-state index in [0.717, 1.165) is 18.6 Å². The van der Waals surface area contributed by atoms with Gasteiger partial charge in [-0.2, -0.15) is 4.98 Å². The Morgan fingerprint density at radius 3 is 2.81 bits per heavy atom. The highest BCUT2D eigenvalue weighted by molar-refractivity contribution is 5.75. The van der Waals surface area contributed by atoms with Crippen molar-refractivity contribution in [2.24, 2.45) is 0 Å². The number of hydrogen-bond donors (Lipinski definition) is 1. The van der Waals surface area contributed by atoms with Crippen molar-refractivity contribution in [3.8, 4) is 11.4 Å². The van der Waals surface area contributed by atoms with Crippen LogP contribution in [0, 0.1) is 0 Å². The lowest BCUT2D eigenvalue weighted by atomic mass is 9.98. The van der Waals surface area contributed by atoms with Crippen molar-refractivity contribution in [2.45, 2.75) is 57.5 Å². The molecule has 1 aliphatic carbocycles. The Morgan fingerprint density at radius 1 is 1.19 bits per heavy atom. The second kappa shape index (κ2) is 10.1. The number of benzene rings is 1. The molecule has 140 valence electrons. The number of amides is 1. The fourth-order valence-electron chi connectivity index (χ4n) is 3.15. The number of carbonyl (C=O) groups excluding carboxylic acids is 1. The minimum absolute atomic E-state index is 0.00197. The van der Waals surface area contributed by atoms with Gasteiger partial charge in [0.1, 0.15) is 0 Å². The van der Waals surface area contributed by atoms with Crippen LogP contribution in [0.5, 0.6) is 0 Å². The standard InChI is InChI=1S/C20H27N3O3/c24-18(21-14-7-15-25-17-10-5-2-6-11-17)12-13-19-22-20(23-26-19)16-8-3-1-4-9-16/h1,3-4,8-9,17H,2,5-7,10-15H2,(H,21,24). The fraction of sp³-hybridized carbons (Fsp3) is 0.550. The molecule has 1 saturated carbocycles. The summed E-state index contributed by atoms with van der Waals surface area (Å²) < 4.78 is 11.1. The van der Waals surface area contributed by atoms with Crippen LogP contribution in [0.4, 0.5) is 0 Å². The molecule has 1 aromatic carbocycles. The topological polar surface area (TPSA) is 77.2 Å². The summed E-state index contributed by atoms with van der Waals surface area (Å²) in [5.74, 6) is 1.04. The van der Waals surface area contributed by atoms with Gasteiger partial charge in [0.15, 0.2) is 0 Å². The van der Waals surface area contributed by atoms with Gasteiger partial charge in [-0.3, -0.25) is 4.79 Å².